The quantitative estimate of drug-likeness (QED) is 0.675. The molecule has 0 saturated carbocycles. The van der Waals surface area contributed by atoms with Gasteiger partial charge in [0.05, 0.1) is 17.4 Å². The number of aromatic nitrogens is 2. The maximum absolute atomic E-state index is 11.6. The zero-order valence-electron chi connectivity index (χ0n) is 15.6. The maximum Gasteiger partial charge on any atom is 0.335 e. The molecule has 1 unspecified atom stereocenters. The van der Waals surface area contributed by atoms with Crippen molar-refractivity contribution >= 4 is 11.8 Å². The Labute approximate surface area is 168 Å². The molecular weight excluding hydrogens is 366 g/mol. The monoisotopic (exact) mass is 385 g/mol. The standard InChI is InChI=1S/C23H19N3O3/c27-20-9-11-26(15-20)22-13-19(23(28)29)12-21(25-22)18-7-5-16(6-8-18)3-4-17-2-1-10-24-14-17/h1-2,5-8,10,12-14,20,27H,9,11,15H2,(H,28,29). The van der Waals surface area contributed by atoms with E-state index in [-0.39, 0.29) is 5.56 Å². The van der Waals surface area contributed by atoms with Crippen molar-refractivity contribution in [3.8, 4) is 23.1 Å². The van der Waals surface area contributed by atoms with E-state index in [1.807, 2.05) is 41.3 Å². The minimum Gasteiger partial charge on any atom is -0.478 e. The Morgan fingerprint density at radius 2 is 1.90 bits per heavy atom. The van der Waals surface area contributed by atoms with Crippen molar-refractivity contribution in [1.29, 1.82) is 0 Å². The first-order valence-corrected chi connectivity index (χ1v) is 9.29. The minimum atomic E-state index is -1.01. The van der Waals surface area contributed by atoms with E-state index in [1.54, 1.807) is 24.5 Å². The van der Waals surface area contributed by atoms with Crippen molar-refractivity contribution in [2.75, 3.05) is 18.0 Å². The number of carboxylic acid groups (broad SMARTS) is 1. The van der Waals surface area contributed by atoms with E-state index in [9.17, 15) is 15.0 Å². The Morgan fingerprint density at radius 1 is 1.10 bits per heavy atom. The van der Waals surface area contributed by atoms with Crippen LogP contribution in [0.15, 0.2) is 60.9 Å². The zero-order valence-corrected chi connectivity index (χ0v) is 15.6. The third-order valence-electron chi connectivity index (χ3n) is 4.74. The van der Waals surface area contributed by atoms with Crippen LogP contribution in [0.3, 0.4) is 0 Å². The largest absolute Gasteiger partial charge is 0.478 e. The number of aliphatic hydroxyl groups excluding tert-OH is 1. The molecule has 29 heavy (non-hydrogen) atoms. The second kappa shape index (κ2) is 8.13. The number of aliphatic hydroxyl groups is 1. The van der Waals surface area contributed by atoms with Gasteiger partial charge in [0, 0.05) is 42.2 Å². The Kier molecular flexibility index (Phi) is 5.23. The van der Waals surface area contributed by atoms with Crippen LogP contribution in [-0.2, 0) is 0 Å². The van der Waals surface area contributed by atoms with Gasteiger partial charge in [-0.15, -0.1) is 0 Å². The van der Waals surface area contributed by atoms with Crippen molar-refractivity contribution in [3.63, 3.8) is 0 Å². The van der Waals surface area contributed by atoms with Gasteiger partial charge >= 0.3 is 5.97 Å². The van der Waals surface area contributed by atoms with Crippen molar-refractivity contribution in [2.24, 2.45) is 0 Å². The van der Waals surface area contributed by atoms with E-state index < -0.39 is 12.1 Å². The van der Waals surface area contributed by atoms with Crippen LogP contribution in [0.25, 0.3) is 11.3 Å². The highest BCUT2D eigenvalue weighted by Crippen LogP contribution is 2.26. The highest BCUT2D eigenvalue weighted by atomic mass is 16.4. The van der Waals surface area contributed by atoms with Gasteiger partial charge in [-0.1, -0.05) is 24.0 Å². The Hall–Kier alpha value is -3.69. The molecule has 1 fully saturated rings. The summed E-state index contributed by atoms with van der Waals surface area (Å²) in [6.07, 6.45) is 3.65. The average molecular weight is 385 g/mol. The van der Waals surface area contributed by atoms with Gasteiger partial charge in [0.2, 0.25) is 0 Å². The molecule has 3 heterocycles. The molecule has 1 aliphatic heterocycles. The molecule has 3 aromatic rings. The van der Waals surface area contributed by atoms with Crippen LogP contribution in [0, 0.1) is 11.8 Å². The molecule has 2 N–H and O–H groups in total. The van der Waals surface area contributed by atoms with Crippen LogP contribution in [0.4, 0.5) is 5.82 Å². The normalized spacial score (nSPS) is 15.6. The van der Waals surface area contributed by atoms with Gasteiger partial charge in [0.1, 0.15) is 5.82 Å². The lowest BCUT2D eigenvalue weighted by molar-refractivity contribution is 0.0697. The lowest BCUT2D eigenvalue weighted by Gasteiger charge is -2.18. The number of nitrogens with zero attached hydrogens (tertiary/aromatic N) is 3. The van der Waals surface area contributed by atoms with E-state index in [2.05, 4.69) is 21.8 Å². The lowest BCUT2D eigenvalue weighted by atomic mass is 10.1. The molecule has 0 amide bonds. The molecule has 4 rings (SSSR count). The summed E-state index contributed by atoms with van der Waals surface area (Å²) in [5.74, 6) is 5.71. The average Bonchev–Trinajstić information content (AvgIpc) is 3.19. The summed E-state index contributed by atoms with van der Waals surface area (Å²) in [4.78, 5) is 22.2. The summed E-state index contributed by atoms with van der Waals surface area (Å²) in [5, 5.41) is 19.3. The van der Waals surface area contributed by atoms with Crippen LogP contribution in [-0.4, -0.2) is 45.3 Å². The number of hydrogen-bond acceptors (Lipinski definition) is 5. The van der Waals surface area contributed by atoms with Gasteiger partial charge in [0.15, 0.2) is 0 Å². The van der Waals surface area contributed by atoms with Crippen molar-refractivity contribution < 1.29 is 15.0 Å². The summed E-state index contributed by atoms with van der Waals surface area (Å²) in [6.45, 7) is 1.11. The van der Waals surface area contributed by atoms with Gasteiger partial charge in [0.25, 0.3) is 0 Å². The number of β-amino-alcohol motifs (C(OH)–C–C–N with tert-alkyl or cyclic N) is 1. The predicted molar refractivity (Wildman–Crippen MR) is 110 cm³/mol. The fraction of sp³-hybridized carbons (Fsp3) is 0.174. The van der Waals surface area contributed by atoms with Crippen molar-refractivity contribution in [1.82, 2.24) is 9.97 Å². The summed E-state index contributed by atoms with van der Waals surface area (Å²) in [7, 11) is 0. The topological polar surface area (TPSA) is 86.5 Å². The molecule has 0 aliphatic carbocycles. The highest BCUT2D eigenvalue weighted by molar-refractivity contribution is 5.90. The summed E-state index contributed by atoms with van der Waals surface area (Å²) in [5.41, 5.74) is 3.24. The molecule has 1 saturated heterocycles. The van der Waals surface area contributed by atoms with Crippen molar-refractivity contribution in [3.05, 3.63) is 77.6 Å². The fourth-order valence-electron chi connectivity index (χ4n) is 3.20. The van der Waals surface area contributed by atoms with E-state index >= 15 is 0 Å². The molecule has 2 aromatic heterocycles. The maximum atomic E-state index is 11.6. The fourth-order valence-corrected chi connectivity index (χ4v) is 3.20. The Balaban J connectivity index is 1.63. The molecule has 144 valence electrons. The molecule has 1 aliphatic rings. The molecule has 1 aromatic carbocycles. The third kappa shape index (κ3) is 4.42. The number of carbonyl (C=O) groups is 1. The molecule has 1 atom stereocenters. The van der Waals surface area contributed by atoms with Gasteiger partial charge in [-0.05, 0) is 42.8 Å². The molecule has 0 spiro atoms. The third-order valence-corrected chi connectivity index (χ3v) is 4.74. The highest BCUT2D eigenvalue weighted by Gasteiger charge is 2.23. The first-order valence-electron chi connectivity index (χ1n) is 9.29. The van der Waals surface area contributed by atoms with Gasteiger partial charge < -0.3 is 15.1 Å². The Bertz CT molecular complexity index is 1090. The first kappa shape index (κ1) is 18.7. The van der Waals surface area contributed by atoms with E-state index in [0.29, 0.717) is 31.0 Å². The van der Waals surface area contributed by atoms with Crippen LogP contribution in [0.2, 0.25) is 0 Å². The van der Waals surface area contributed by atoms with Crippen LogP contribution >= 0.6 is 0 Å². The number of hydrogen-bond donors (Lipinski definition) is 2. The van der Waals surface area contributed by atoms with Gasteiger partial charge in [-0.25, -0.2) is 9.78 Å². The minimum absolute atomic E-state index is 0.173. The van der Waals surface area contributed by atoms with Crippen LogP contribution in [0.1, 0.15) is 27.9 Å². The molecule has 0 bridgehead atoms. The SMILES string of the molecule is O=C(O)c1cc(-c2ccc(C#Cc3cccnc3)cc2)nc(N2CCC(O)C2)c1. The molecule has 6 nitrogen and oxygen atoms in total. The number of carboxylic acids is 1. The number of aromatic carboxylic acids is 1. The summed E-state index contributed by atoms with van der Waals surface area (Å²) in [6, 6.07) is 14.4. The summed E-state index contributed by atoms with van der Waals surface area (Å²) < 4.78 is 0. The molecule has 0 radical (unpaired) electrons. The van der Waals surface area contributed by atoms with E-state index in [4.69, 9.17) is 0 Å². The number of anilines is 1. The smallest absolute Gasteiger partial charge is 0.335 e. The summed E-state index contributed by atoms with van der Waals surface area (Å²) >= 11 is 0. The van der Waals surface area contributed by atoms with E-state index in [0.717, 1.165) is 16.7 Å². The van der Waals surface area contributed by atoms with Crippen LogP contribution < -0.4 is 4.90 Å². The van der Waals surface area contributed by atoms with Gasteiger partial charge in [-0.2, -0.15) is 0 Å². The molecule has 6 heteroatoms. The predicted octanol–water partition coefficient (Wildman–Crippen LogP) is 2.81. The van der Waals surface area contributed by atoms with Gasteiger partial charge in [-0.3, -0.25) is 4.98 Å². The van der Waals surface area contributed by atoms with Crippen molar-refractivity contribution in [2.45, 2.75) is 12.5 Å². The lowest BCUT2D eigenvalue weighted by Crippen LogP contribution is -2.22. The number of pyridine rings is 2. The zero-order chi connectivity index (χ0) is 20.2. The second-order valence-electron chi connectivity index (χ2n) is 6.86. The second-order valence-corrected chi connectivity index (χ2v) is 6.86. The molecular formula is C23H19N3O3. The first-order chi connectivity index (χ1) is 14.1. The van der Waals surface area contributed by atoms with Crippen LogP contribution in [0.5, 0.6) is 0 Å². The van der Waals surface area contributed by atoms with E-state index in [1.165, 1.54) is 0 Å². The Morgan fingerprint density at radius 3 is 2.55 bits per heavy atom. The number of rotatable bonds is 3. The number of benzene rings is 1.